The van der Waals surface area contributed by atoms with Gasteiger partial charge in [-0.05, 0) is 25.8 Å². The van der Waals surface area contributed by atoms with Crippen molar-refractivity contribution in [3.8, 4) is 5.75 Å². The Morgan fingerprint density at radius 3 is 2.55 bits per heavy atom. The van der Waals surface area contributed by atoms with Crippen molar-refractivity contribution in [2.75, 3.05) is 6.54 Å². The van der Waals surface area contributed by atoms with Crippen LogP contribution in [0.2, 0.25) is 0 Å². The number of carbonyl (C=O) groups excluding carboxylic acids is 1. The molecule has 20 heavy (non-hydrogen) atoms. The third-order valence-electron chi connectivity index (χ3n) is 2.82. The van der Waals surface area contributed by atoms with Crippen molar-refractivity contribution in [2.45, 2.75) is 39.8 Å². The van der Waals surface area contributed by atoms with E-state index in [0.29, 0.717) is 23.8 Å². The Bertz CT molecular complexity index is 461. The second-order valence-electron chi connectivity index (χ2n) is 5.37. The molecule has 1 amide bonds. The Labute approximate surface area is 119 Å². The minimum Gasteiger partial charge on any atom is -0.480 e. The van der Waals surface area contributed by atoms with Crippen molar-refractivity contribution >= 4 is 5.91 Å². The summed E-state index contributed by atoms with van der Waals surface area (Å²) in [6, 6.07) is 3.87. The van der Waals surface area contributed by atoms with Gasteiger partial charge in [0.2, 0.25) is 0 Å². The first-order chi connectivity index (χ1) is 9.31. The van der Waals surface area contributed by atoms with Crippen LogP contribution in [0.1, 0.15) is 39.3 Å². The molecule has 0 aliphatic carbocycles. The molecule has 0 aliphatic heterocycles. The summed E-state index contributed by atoms with van der Waals surface area (Å²) >= 11 is 0. The Kier molecular flexibility index (Phi) is 5.95. The molecule has 1 aromatic rings. The molecular formula is C15H23FN2O2. The van der Waals surface area contributed by atoms with E-state index in [0.717, 1.165) is 0 Å². The quantitative estimate of drug-likeness (QED) is 0.842. The largest absolute Gasteiger partial charge is 0.480 e. The molecule has 112 valence electrons. The number of nitrogens with two attached hydrogens (primary N) is 1. The first-order valence-corrected chi connectivity index (χ1v) is 6.80. The van der Waals surface area contributed by atoms with Crippen LogP contribution in [-0.2, 0) is 4.79 Å². The molecule has 0 heterocycles. The summed E-state index contributed by atoms with van der Waals surface area (Å²) in [7, 11) is 0. The molecule has 1 aromatic carbocycles. The van der Waals surface area contributed by atoms with Gasteiger partial charge in [-0.3, -0.25) is 4.79 Å². The normalized spacial score (nSPS) is 13.9. The Balaban J connectivity index is 2.76. The maximum absolute atomic E-state index is 13.3. The molecule has 2 atom stereocenters. The zero-order valence-corrected chi connectivity index (χ0v) is 12.4. The van der Waals surface area contributed by atoms with Gasteiger partial charge in [0.15, 0.2) is 6.10 Å². The van der Waals surface area contributed by atoms with Gasteiger partial charge in [-0.25, -0.2) is 4.39 Å². The number of nitrogens with one attached hydrogen (secondary N) is 1. The van der Waals surface area contributed by atoms with Crippen LogP contribution in [0.3, 0.4) is 0 Å². The van der Waals surface area contributed by atoms with Gasteiger partial charge in [0.05, 0.1) is 0 Å². The number of rotatable bonds is 6. The molecule has 0 saturated heterocycles. The third kappa shape index (κ3) is 4.81. The van der Waals surface area contributed by atoms with E-state index in [-0.39, 0.29) is 11.9 Å². The summed E-state index contributed by atoms with van der Waals surface area (Å²) in [5, 5.41) is 2.78. The molecule has 0 bridgehead atoms. The highest BCUT2D eigenvalue weighted by molar-refractivity contribution is 5.80. The standard InChI is InChI=1S/C15H23FN2O2/c1-9(2)8-18-15(19)11(4)20-14-7-12(16)5-6-13(14)10(3)17/h5-7,9-11H,8,17H2,1-4H3,(H,18,19)/t10-,11?/m1/s1. The molecule has 3 N–H and O–H groups in total. The lowest BCUT2D eigenvalue weighted by Gasteiger charge is -2.19. The van der Waals surface area contributed by atoms with Crippen molar-refractivity contribution in [2.24, 2.45) is 11.7 Å². The number of benzene rings is 1. The lowest BCUT2D eigenvalue weighted by atomic mass is 10.1. The van der Waals surface area contributed by atoms with E-state index >= 15 is 0 Å². The molecule has 1 rings (SSSR count). The Hall–Kier alpha value is -1.62. The molecule has 0 aliphatic rings. The van der Waals surface area contributed by atoms with E-state index in [1.165, 1.54) is 12.1 Å². The monoisotopic (exact) mass is 282 g/mol. The number of carbonyl (C=O) groups is 1. The number of amides is 1. The summed E-state index contributed by atoms with van der Waals surface area (Å²) in [5.74, 6) is 0.0323. The fraction of sp³-hybridized carbons (Fsp3) is 0.533. The summed E-state index contributed by atoms with van der Waals surface area (Å²) < 4.78 is 18.8. The highest BCUT2D eigenvalue weighted by atomic mass is 19.1. The smallest absolute Gasteiger partial charge is 0.260 e. The second kappa shape index (κ2) is 7.24. The van der Waals surface area contributed by atoms with E-state index in [1.54, 1.807) is 19.9 Å². The number of hydrogen-bond acceptors (Lipinski definition) is 3. The van der Waals surface area contributed by atoms with Crippen LogP contribution in [0.15, 0.2) is 18.2 Å². The van der Waals surface area contributed by atoms with Crippen molar-refractivity contribution in [3.05, 3.63) is 29.6 Å². The number of ether oxygens (including phenoxy) is 1. The summed E-state index contributed by atoms with van der Waals surface area (Å²) in [6.45, 7) is 8.00. The van der Waals surface area contributed by atoms with Gasteiger partial charge in [-0.2, -0.15) is 0 Å². The predicted molar refractivity (Wildman–Crippen MR) is 76.9 cm³/mol. The Morgan fingerprint density at radius 1 is 1.35 bits per heavy atom. The zero-order valence-electron chi connectivity index (χ0n) is 12.4. The molecule has 4 nitrogen and oxygen atoms in total. The maximum atomic E-state index is 13.3. The molecule has 0 spiro atoms. The predicted octanol–water partition coefficient (Wildman–Crippen LogP) is 2.38. The highest BCUT2D eigenvalue weighted by Crippen LogP contribution is 2.25. The van der Waals surface area contributed by atoms with Gasteiger partial charge in [-0.15, -0.1) is 0 Å². The molecule has 0 fully saturated rings. The van der Waals surface area contributed by atoms with E-state index in [2.05, 4.69) is 5.32 Å². The van der Waals surface area contributed by atoms with Gasteiger partial charge in [0.1, 0.15) is 11.6 Å². The number of hydrogen-bond donors (Lipinski definition) is 2. The van der Waals surface area contributed by atoms with E-state index < -0.39 is 11.9 Å². The first kappa shape index (κ1) is 16.4. The Morgan fingerprint density at radius 2 is 2.00 bits per heavy atom. The zero-order chi connectivity index (χ0) is 15.3. The van der Waals surface area contributed by atoms with Crippen molar-refractivity contribution in [3.63, 3.8) is 0 Å². The van der Waals surface area contributed by atoms with Crippen LogP contribution in [0.4, 0.5) is 4.39 Å². The summed E-state index contributed by atoms with van der Waals surface area (Å²) in [4.78, 5) is 11.9. The van der Waals surface area contributed by atoms with Gasteiger partial charge in [0, 0.05) is 24.2 Å². The van der Waals surface area contributed by atoms with Gasteiger partial charge in [-0.1, -0.05) is 19.9 Å². The fourth-order valence-electron chi connectivity index (χ4n) is 1.68. The van der Waals surface area contributed by atoms with Crippen LogP contribution in [0.25, 0.3) is 0 Å². The van der Waals surface area contributed by atoms with Crippen LogP contribution in [-0.4, -0.2) is 18.6 Å². The lowest BCUT2D eigenvalue weighted by Crippen LogP contribution is -2.38. The molecule has 0 radical (unpaired) electrons. The van der Waals surface area contributed by atoms with E-state index in [4.69, 9.17) is 10.5 Å². The minimum absolute atomic E-state index is 0.224. The SMILES string of the molecule is CC(C)CNC(=O)C(C)Oc1cc(F)ccc1[C@@H](C)N. The van der Waals surface area contributed by atoms with E-state index in [9.17, 15) is 9.18 Å². The maximum Gasteiger partial charge on any atom is 0.260 e. The summed E-state index contributed by atoms with van der Waals surface area (Å²) in [6.07, 6.45) is -0.701. The molecule has 0 saturated carbocycles. The van der Waals surface area contributed by atoms with Crippen molar-refractivity contribution < 1.29 is 13.9 Å². The van der Waals surface area contributed by atoms with Crippen LogP contribution in [0.5, 0.6) is 5.75 Å². The van der Waals surface area contributed by atoms with Crippen LogP contribution >= 0.6 is 0 Å². The topological polar surface area (TPSA) is 64.3 Å². The average molecular weight is 282 g/mol. The molecule has 0 aromatic heterocycles. The van der Waals surface area contributed by atoms with Gasteiger partial charge >= 0.3 is 0 Å². The molecular weight excluding hydrogens is 259 g/mol. The minimum atomic E-state index is -0.701. The number of halogens is 1. The third-order valence-corrected chi connectivity index (χ3v) is 2.82. The molecule has 5 heteroatoms. The fourth-order valence-corrected chi connectivity index (χ4v) is 1.68. The van der Waals surface area contributed by atoms with Gasteiger partial charge in [0.25, 0.3) is 5.91 Å². The first-order valence-electron chi connectivity index (χ1n) is 6.80. The van der Waals surface area contributed by atoms with E-state index in [1.807, 2.05) is 13.8 Å². The van der Waals surface area contributed by atoms with Crippen LogP contribution in [0, 0.1) is 11.7 Å². The van der Waals surface area contributed by atoms with Crippen molar-refractivity contribution in [1.82, 2.24) is 5.32 Å². The lowest BCUT2D eigenvalue weighted by molar-refractivity contribution is -0.127. The summed E-state index contributed by atoms with van der Waals surface area (Å²) in [5.41, 5.74) is 6.49. The highest BCUT2D eigenvalue weighted by Gasteiger charge is 2.18. The average Bonchev–Trinajstić information content (AvgIpc) is 2.35. The molecule has 1 unspecified atom stereocenters. The van der Waals surface area contributed by atoms with Gasteiger partial charge < -0.3 is 15.8 Å². The van der Waals surface area contributed by atoms with Crippen LogP contribution < -0.4 is 15.8 Å². The van der Waals surface area contributed by atoms with Crippen molar-refractivity contribution in [1.29, 1.82) is 0 Å². The second-order valence-corrected chi connectivity index (χ2v) is 5.37.